The van der Waals surface area contributed by atoms with E-state index in [-0.39, 0.29) is 18.4 Å². The lowest BCUT2D eigenvalue weighted by molar-refractivity contribution is -0.130. The molecule has 144 valence electrons. The number of carbonyl (C=O) groups excluding carboxylic acids is 2. The zero-order valence-corrected chi connectivity index (χ0v) is 15.4. The molecule has 1 saturated heterocycles. The Hall–Kier alpha value is -3.16. The smallest absolute Gasteiger partial charge is 0.289 e. The van der Waals surface area contributed by atoms with E-state index in [1.165, 1.54) is 6.26 Å². The normalized spacial score (nSPS) is 14.0. The molecule has 0 saturated carbocycles. The van der Waals surface area contributed by atoms with Crippen LogP contribution in [0.4, 0.5) is 5.69 Å². The summed E-state index contributed by atoms with van der Waals surface area (Å²) in [5.41, 5.74) is 0.692. The zero-order valence-electron chi connectivity index (χ0n) is 15.4. The van der Waals surface area contributed by atoms with Crippen LogP contribution in [0.2, 0.25) is 0 Å². The predicted molar refractivity (Wildman–Crippen MR) is 99.2 cm³/mol. The molecule has 0 unspecified atom stereocenters. The van der Waals surface area contributed by atoms with E-state index in [9.17, 15) is 9.59 Å². The zero-order chi connectivity index (χ0) is 19.2. The number of ether oxygens (including phenoxy) is 2. The highest BCUT2D eigenvalue weighted by molar-refractivity contribution is 5.91. The van der Waals surface area contributed by atoms with E-state index >= 15 is 0 Å². The second kappa shape index (κ2) is 8.48. The second-order valence-corrected chi connectivity index (χ2v) is 6.07. The molecule has 8 nitrogen and oxygen atoms in total. The minimum absolute atomic E-state index is 0.0371. The standard InChI is InChI=1S/C19H23N3O5/c1-25-14-5-6-16(26-2)15(12-14)20-13-18(23)21-7-9-22(10-8-21)19(24)17-4-3-11-27-17/h3-6,11-12,20H,7-10,13H2,1-2H3. The Morgan fingerprint density at radius 1 is 1.07 bits per heavy atom. The lowest BCUT2D eigenvalue weighted by Crippen LogP contribution is -2.51. The minimum Gasteiger partial charge on any atom is -0.497 e. The Balaban J connectivity index is 1.52. The van der Waals surface area contributed by atoms with Crippen molar-refractivity contribution >= 4 is 17.5 Å². The summed E-state index contributed by atoms with van der Waals surface area (Å²) in [6.07, 6.45) is 1.48. The van der Waals surface area contributed by atoms with Crippen LogP contribution in [0.25, 0.3) is 0 Å². The molecule has 0 radical (unpaired) electrons. The van der Waals surface area contributed by atoms with E-state index < -0.39 is 0 Å². The van der Waals surface area contributed by atoms with Crippen molar-refractivity contribution in [1.82, 2.24) is 9.80 Å². The van der Waals surface area contributed by atoms with Gasteiger partial charge in [-0.2, -0.15) is 0 Å². The molecule has 0 atom stereocenters. The molecule has 2 amide bonds. The van der Waals surface area contributed by atoms with Gasteiger partial charge in [-0.25, -0.2) is 0 Å². The quantitative estimate of drug-likeness (QED) is 0.830. The summed E-state index contributed by atoms with van der Waals surface area (Å²) < 4.78 is 15.7. The summed E-state index contributed by atoms with van der Waals surface area (Å²) in [5.74, 6) is 1.45. The molecule has 1 aliphatic rings. The average Bonchev–Trinajstić information content (AvgIpc) is 3.26. The number of anilines is 1. The maximum atomic E-state index is 12.5. The first-order valence-electron chi connectivity index (χ1n) is 8.69. The topological polar surface area (TPSA) is 84.3 Å². The summed E-state index contributed by atoms with van der Waals surface area (Å²) in [6, 6.07) is 8.69. The monoisotopic (exact) mass is 373 g/mol. The number of carbonyl (C=O) groups is 2. The van der Waals surface area contributed by atoms with Crippen molar-refractivity contribution in [3.8, 4) is 11.5 Å². The first kappa shape index (κ1) is 18.6. The highest BCUT2D eigenvalue weighted by Crippen LogP contribution is 2.28. The molecule has 0 bridgehead atoms. The Kier molecular flexibility index (Phi) is 5.85. The van der Waals surface area contributed by atoms with Gasteiger partial charge in [0.05, 0.1) is 32.7 Å². The van der Waals surface area contributed by atoms with Gasteiger partial charge in [0.1, 0.15) is 11.5 Å². The Bertz CT molecular complexity index is 783. The highest BCUT2D eigenvalue weighted by Gasteiger charge is 2.26. The van der Waals surface area contributed by atoms with Crippen LogP contribution >= 0.6 is 0 Å². The van der Waals surface area contributed by atoms with E-state index in [1.807, 2.05) is 0 Å². The van der Waals surface area contributed by atoms with Crippen LogP contribution in [0.15, 0.2) is 41.0 Å². The third-order valence-electron chi connectivity index (χ3n) is 4.49. The van der Waals surface area contributed by atoms with Crippen LogP contribution in [0.3, 0.4) is 0 Å². The Morgan fingerprint density at radius 2 is 1.81 bits per heavy atom. The maximum Gasteiger partial charge on any atom is 0.289 e. The second-order valence-electron chi connectivity index (χ2n) is 6.07. The fourth-order valence-electron chi connectivity index (χ4n) is 2.95. The number of methoxy groups -OCH3 is 2. The van der Waals surface area contributed by atoms with Crippen molar-refractivity contribution in [2.75, 3.05) is 52.3 Å². The van der Waals surface area contributed by atoms with Crippen molar-refractivity contribution < 1.29 is 23.5 Å². The van der Waals surface area contributed by atoms with Gasteiger partial charge in [-0.15, -0.1) is 0 Å². The van der Waals surface area contributed by atoms with Gasteiger partial charge in [0.25, 0.3) is 5.91 Å². The van der Waals surface area contributed by atoms with Gasteiger partial charge in [-0.1, -0.05) is 0 Å². The molecule has 0 aliphatic carbocycles. The molecular formula is C19H23N3O5. The van der Waals surface area contributed by atoms with Gasteiger partial charge in [-0.05, 0) is 24.3 Å². The molecule has 1 N–H and O–H groups in total. The average molecular weight is 373 g/mol. The molecule has 0 spiro atoms. The first-order valence-corrected chi connectivity index (χ1v) is 8.69. The number of furan rings is 1. The molecular weight excluding hydrogens is 350 g/mol. The van der Waals surface area contributed by atoms with Crippen molar-refractivity contribution in [3.63, 3.8) is 0 Å². The van der Waals surface area contributed by atoms with Crippen LogP contribution in [-0.2, 0) is 4.79 Å². The molecule has 1 aliphatic heterocycles. The number of rotatable bonds is 6. The molecule has 1 aromatic heterocycles. The summed E-state index contributed by atoms with van der Waals surface area (Å²) >= 11 is 0. The number of nitrogens with one attached hydrogen (secondary N) is 1. The lowest BCUT2D eigenvalue weighted by Gasteiger charge is -2.34. The maximum absolute atomic E-state index is 12.5. The van der Waals surface area contributed by atoms with Gasteiger partial charge in [0.2, 0.25) is 5.91 Å². The van der Waals surface area contributed by atoms with Crippen LogP contribution in [0, 0.1) is 0 Å². The van der Waals surface area contributed by atoms with Crippen molar-refractivity contribution in [2.24, 2.45) is 0 Å². The largest absolute Gasteiger partial charge is 0.497 e. The number of nitrogens with zero attached hydrogens (tertiary/aromatic N) is 2. The SMILES string of the molecule is COc1ccc(OC)c(NCC(=O)N2CCN(C(=O)c3ccco3)CC2)c1. The van der Waals surface area contributed by atoms with Gasteiger partial charge in [0, 0.05) is 32.2 Å². The van der Waals surface area contributed by atoms with E-state index in [0.29, 0.717) is 49.1 Å². The Morgan fingerprint density at radius 3 is 2.44 bits per heavy atom. The number of hydrogen-bond acceptors (Lipinski definition) is 6. The van der Waals surface area contributed by atoms with E-state index in [2.05, 4.69) is 5.32 Å². The number of amides is 2. The Labute approximate surface area is 157 Å². The molecule has 3 rings (SSSR count). The highest BCUT2D eigenvalue weighted by atomic mass is 16.5. The third-order valence-corrected chi connectivity index (χ3v) is 4.49. The van der Waals surface area contributed by atoms with Gasteiger partial charge >= 0.3 is 0 Å². The molecule has 2 heterocycles. The van der Waals surface area contributed by atoms with Crippen molar-refractivity contribution in [1.29, 1.82) is 0 Å². The van der Waals surface area contributed by atoms with E-state index in [0.717, 1.165) is 0 Å². The van der Waals surface area contributed by atoms with Crippen molar-refractivity contribution in [2.45, 2.75) is 0 Å². The van der Waals surface area contributed by atoms with Crippen molar-refractivity contribution in [3.05, 3.63) is 42.4 Å². The fraction of sp³-hybridized carbons (Fsp3) is 0.368. The summed E-state index contributed by atoms with van der Waals surface area (Å²) in [6.45, 7) is 2.07. The van der Waals surface area contributed by atoms with Gasteiger partial charge < -0.3 is 29.0 Å². The lowest BCUT2D eigenvalue weighted by atomic mass is 10.2. The summed E-state index contributed by atoms with van der Waals surface area (Å²) in [4.78, 5) is 28.2. The fourth-order valence-corrected chi connectivity index (χ4v) is 2.95. The molecule has 1 fully saturated rings. The third kappa shape index (κ3) is 4.33. The van der Waals surface area contributed by atoms with Crippen LogP contribution in [0.1, 0.15) is 10.6 Å². The number of hydrogen-bond donors (Lipinski definition) is 1. The minimum atomic E-state index is -0.147. The summed E-state index contributed by atoms with van der Waals surface area (Å²) in [5, 5.41) is 3.10. The van der Waals surface area contributed by atoms with Crippen LogP contribution in [0.5, 0.6) is 11.5 Å². The summed E-state index contributed by atoms with van der Waals surface area (Å²) in [7, 11) is 3.16. The molecule has 2 aromatic rings. The van der Waals surface area contributed by atoms with Crippen LogP contribution in [-0.4, -0.2) is 68.6 Å². The molecule has 1 aromatic carbocycles. The first-order chi connectivity index (χ1) is 13.1. The van der Waals surface area contributed by atoms with Crippen LogP contribution < -0.4 is 14.8 Å². The van der Waals surface area contributed by atoms with E-state index in [4.69, 9.17) is 13.9 Å². The molecule has 8 heteroatoms. The van der Waals surface area contributed by atoms with E-state index in [1.54, 1.807) is 54.4 Å². The molecule has 27 heavy (non-hydrogen) atoms. The van der Waals surface area contributed by atoms with Gasteiger partial charge in [-0.3, -0.25) is 9.59 Å². The predicted octanol–water partition coefficient (Wildman–Crippen LogP) is 1.69. The number of benzene rings is 1. The van der Waals surface area contributed by atoms with Gasteiger partial charge in [0.15, 0.2) is 5.76 Å². The number of piperazine rings is 1.